The van der Waals surface area contributed by atoms with Gasteiger partial charge in [-0.1, -0.05) is 26.7 Å². The van der Waals surface area contributed by atoms with E-state index in [1.807, 2.05) is 0 Å². The fraction of sp³-hybridized carbons (Fsp3) is 1.00. The molecule has 1 fully saturated rings. The normalized spacial score (nSPS) is 23.8. The van der Waals surface area contributed by atoms with Gasteiger partial charge in [-0.3, -0.25) is 0 Å². The predicted molar refractivity (Wildman–Crippen MR) is 76.4 cm³/mol. The smallest absolute Gasteiger partial charge is 0.00669 e. The molecule has 1 saturated heterocycles. The largest absolute Gasteiger partial charge is 0.316 e. The number of likely N-dealkylation sites (tertiary alicyclic amines) is 1. The van der Waals surface area contributed by atoms with Crippen LogP contribution in [0.5, 0.6) is 0 Å². The molecule has 0 aromatic rings. The number of nitrogens with zero attached hydrogens (tertiary/aromatic N) is 1. The van der Waals surface area contributed by atoms with Gasteiger partial charge < -0.3 is 10.2 Å². The highest BCUT2D eigenvalue weighted by molar-refractivity contribution is 4.73. The third-order valence-corrected chi connectivity index (χ3v) is 4.01. The maximum Gasteiger partial charge on any atom is 0.00669 e. The van der Waals surface area contributed by atoms with Gasteiger partial charge in [0.25, 0.3) is 0 Å². The van der Waals surface area contributed by atoms with Gasteiger partial charge in [0.15, 0.2) is 0 Å². The average Bonchev–Trinajstić information content (AvgIpc) is 2.31. The number of hydrogen-bond donors (Lipinski definition) is 1. The zero-order chi connectivity index (χ0) is 12.5. The van der Waals surface area contributed by atoms with E-state index in [-0.39, 0.29) is 0 Å². The van der Waals surface area contributed by atoms with E-state index < -0.39 is 0 Å². The molecule has 0 aliphatic carbocycles. The molecule has 17 heavy (non-hydrogen) atoms. The molecule has 0 spiro atoms. The number of nitrogens with one attached hydrogen (secondary N) is 1. The Kier molecular flexibility index (Phi) is 7.87. The molecular weight excluding hydrogens is 208 g/mol. The van der Waals surface area contributed by atoms with E-state index in [0.29, 0.717) is 0 Å². The Balaban J connectivity index is 1.96. The first-order valence-corrected chi connectivity index (χ1v) is 7.68. The van der Waals surface area contributed by atoms with Crippen LogP contribution in [-0.2, 0) is 0 Å². The molecule has 1 heterocycles. The Labute approximate surface area is 108 Å². The lowest BCUT2D eigenvalue weighted by molar-refractivity contribution is 0.158. The van der Waals surface area contributed by atoms with E-state index >= 15 is 0 Å². The first kappa shape index (κ1) is 15.0. The Morgan fingerprint density at radius 3 is 2.88 bits per heavy atom. The highest BCUT2D eigenvalue weighted by Crippen LogP contribution is 2.16. The maximum absolute atomic E-state index is 3.60. The van der Waals surface area contributed by atoms with Crippen LogP contribution in [0, 0.1) is 5.92 Å². The van der Waals surface area contributed by atoms with Crippen molar-refractivity contribution in [1.82, 2.24) is 10.2 Å². The van der Waals surface area contributed by atoms with Gasteiger partial charge in [-0.2, -0.15) is 0 Å². The third kappa shape index (κ3) is 6.42. The molecule has 0 saturated carbocycles. The van der Waals surface area contributed by atoms with Gasteiger partial charge in [-0.15, -0.1) is 0 Å². The van der Waals surface area contributed by atoms with E-state index in [2.05, 4.69) is 31.0 Å². The monoisotopic (exact) mass is 240 g/mol. The predicted octanol–water partition coefficient (Wildman–Crippen LogP) is 3.28. The summed E-state index contributed by atoms with van der Waals surface area (Å²) in [5.41, 5.74) is 0. The minimum absolute atomic E-state index is 0.822. The topological polar surface area (TPSA) is 15.3 Å². The lowest BCUT2D eigenvalue weighted by atomic mass is 10.0. The standard InChI is InChI=1S/C15H32N2/c1-4-8-14(2)13-16-10-7-12-17-11-6-5-9-15(17)3/h14-16H,4-13H2,1-3H3. The van der Waals surface area contributed by atoms with Gasteiger partial charge in [0.05, 0.1) is 0 Å². The summed E-state index contributed by atoms with van der Waals surface area (Å²) in [6.07, 6.45) is 8.23. The van der Waals surface area contributed by atoms with Gasteiger partial charge in [-0.05, 0) is 64.7 Å². The zero-order valence-corrected chi connectivity index (χ0v) is 12.2. The highest BCUT2D eigenvalue weighted by Gasteiger charge is 2.16. The van der Waals surface area contributed by atoms with Crippen molar-refractivity contribution in [3.63, 3.8) is 0 Å². The molecule has 1 rings (SSSR count). The summed E-state index contributed by atoms with van der Waals surface area (Å²) >= 11 is 0. The van der Waals surface area contributed by atoms with Gasteiger partial charge in [0.2, 0.25) is 0 Å². The van der Waals surface area contributed by atoms with E-state index in [4.69, 9.17) is 0 Å². The van der Waals surface area contributed by atoms with Crippen molar-refractivity contribution >= 4 is 0 Å². The van der Waals surface area contributed by atoms with Crippen LogP contribution in [0.4, 0.5) is 0 Å². The number of rotatable bonds is 8. The second kappa shape index (κ2) is 8.93. The van der Waals surface area contributed by atoms with Crippen molar-refractivity contribution in [2.45, 2.75) is 65.3 Å². The van der Waals surface area contributed by atoms with Crippen molar-refractivity contribution in [2.24, 2.45) is 5.92 Å². The van der Waals surface area contributed by atoms with E-state index in [1.54, 1.807) is 0 Å². The van der Waals surface area contributed by atoms with Crippen molar-refractivity contribution in [3.05, 3.63) is 0 Å². The zero-order valence-electron chi connectivity index (χ0n) is 12.2. The summed E-state index contributed by atoms with van der Waals surface area (Å²) < 4.78 is 0. The molecule has 0 amide bonds. The van der Waals surface area contributed by atoms with Crippen LogP contribution in [0.1, 0.15) is 59.3 Å². The molecular formula is C15H32N2. The number of piperidine rings is 1. The minimum Gasteiger partial charge on any atom is -0.316 e. The molecule has 2 atom stereocenters. The molecule has 0 radical (unpaired) electrons. The first-order chi connectivity index (χ1) is 8.24. The summed E-state index contributed by atoms with van der Waals surface area (Å²) in [6, 6.07) is 0.822. The summed E-state index contributed by atoms with van der Waals surface area (Å²) in [4.78, 5) is 2.67. The van der Waals surface area contributed by atoms with Gasteiger partial charge >= 0.3 is 0 Å². The van der Waals surface area contributed by atoms with Crippen LogP contribution in [-0.4, -0.2) is 37.1 Å². The molecule has 0 aromatic carbocycles. The molecule has 0 bridgehead atoms. The molecule has 1 aliphatic rings. The van der Waals surface area contributed by atoms with Crippen molar-refractivity contribution < 1.29 is 0 Å². The lowest BCUT2D eigenvalue weighted by Gasteiger charge is -2.33. The van der Waals surface area contributed by atoms with Crippen LogP contribution in [0.3, 0.4) is 0 Å². The van der Waals surface area contributed by atoms with Crippen LogP contribution in [0.2, 0.25) is 0 Å². The Bertz CT molecular complexity index is 182. The van der Waals surface area contributed by atoms with Crippen LogP contribution >= 0.6 is 0 Å². The second-order valence-electron chi connectivity index (χ2n) is 5.83. The van der Waals surface area contributed by atoms with Gasteiger partial charge in [0, 0.05) is 6.04 Å². The van der Waals surface area contributed by atoms with E-state index in [1.165, 1.54) is 64.7 Å². The molecule has 2 nitrogen and oxygen atoms in total. The SMILES string of the molecule is CCCC(C)CNCCCN1CCCCC1C. The molecule has 1 N–H and O–H groups in total. The fourth-order valence-electron chi connectivity index (χ4n) is 2.84. The first-order valence-electron chi connectivity index (χ1n) is 7.68. The molecule has 1 aliphatic heterocycles. The van der Waals surface area contributed by atoms with Gasteiger partial charge in [0.1, 0.15) is 0 Å². The van der Waals surface area contributed by atoms with Gasteiger partial charge in [-0.25, -0.2) is 0 Å². The van der Waals surface area contributed by atoms with E-state index in [9.17, 15) is 0 Å². The highest BCUT2D eigenvalue weighted by atomic mass is 15.2. The maximum atomic E-state index is 3.60. The van der Waals surface area contributed by atoms with E-state index in [0.717, 1.165) is 12.0 Å². The average molecular weight is 240 g/mol. The summed E-state index contributed by atoms with van der Waals surface area (Å²) in [7, 11) is 0. The second-order valence-corrected chi connectivity index (χ2v) is 5.83. The van der Waals surface area contributed by atoms with Crippen LogP contribution in [0.25, 0.3) is 0 Å². The Morgan fingerprint density at radius 1 is 1.35 bits per heavy atom. The lowest BCUT2D eigenvalue weighted by Crippen LogP contribution is -2.39. The summed E-state index contributed by atoms with van der Waals surface area (Å²) in [6.45, 7) is 12.0. The minimum atomic E-state index is 0.822. The summed E-state index contributed by atoms with van der Waals surface area (Å²) in [5.74, 6) is 0.842. The molecule has 102 valence electrons. The number of hydrogen-bond acceptors (Lipinski definition) is 2. The van der Waals surface area contributed by atoms with Crippen LogP contribution in [0.15, 0.2) is 0 Å². The van der Waals surface area contributed by atoms with Crippen molar-refractivity contribution in [2.75, 3.05) is 26.2 Å². The summed E-state index contributed by atoms with van der Waals surface area (Å²) in [5, 5.41) is 3.60. The van der Waals surface area contributed by atoms with Crippen molar-refractivity contribution in [3.8, 4) is 0 Å². The Hall–Kier alpha value is -0.0800. The Morgan fingerprint density at radius 2 is 2.18 bits per heavy atom. The quantitative estimate of drug-likeness (QED) is 0.655. The molecule has 2 heteroatoms. The van der Waals surface area contributed by atoms with Crippen LogP contribution < -0.4 is 5.32 Å². The molecule has 0 aromatic heterocycles. The third-order valence-electron chi connectivity index (χ3n) is 4.01. The molecule has 2 unspecified atom stereocenters. The van der Waals surface area contributed by atoms with Crippen molar-refractivity contribution in [1.29, 1.82) is 0 Å². The fourth-order valence-corrected chi connectivity index (χ4v) is 2.84.